The third-order valence-electron chi connectivity index (χ3n) is 6.58. The fraction of sp³-hybridized carbons (Fsp3) is 0.0625. The molecule has 0 fully saturated rings. The van der Waals surface area contributed by atoms with Gasteiger partial charge in [0.2, 0.25) is 0 Å². The molecule has 0 bridgehead atoms. The van der Waals surface area contributed by atoms with E-state index in [1.165, 1.54) is 0 Å². The predicted octanol–water partition coefficient (Wildman–Crippen LogP) is 6.30. The lowest BCUT2D eigenvalue weighted by Crippen LogP contribution is -2.18. The molecule has 5 rings (SSSR count). The predicted molar refractivity (Wildman–Crippen MR) is 158 cm³/mol. The first-order chi connectivity index (χ1) is 18.0. The highest BCUT2D eigenvalue weighted by Crippen LogP contribution is 2.49. The molecule has 0 radical (unpaired) electrons. The van der Waals surface area contributed by atoms with E-state index in [0.29, 0.717) is 18.0 Å². The minimum Gasteiger partial charge on any atom is -0.399 e. The number of anilines is 1. The van der Waals surface area contributed by atoms with E-state index in [1.54, 1.807) is 0 Å². The highest BCUT2D eigenvalue weighted by atomic mass is 31.2. The molecule has 0 heterocycles. The molecule has 0 saturated heterocycles. The van der Waals surface area contributed by atoms with Gasteiger partial charge in [0, 0.05) is 39.2 Å². The maximum absolute atomic E-state index is 14.6. The highest BCUT2D eigenvalue weighted by molar-refractivity contribution is 7.78. The smallest absolute Gasteiger partial charge is 0.147 e. The van der Waals surface area contributed by atoms with E-state index in [2.05, 4.69) is 0 Å². The maximum atomic E-state index is 14.6. The minimum absolute atomic E-state index is 0.333. The number of nitrogens with two attached hydrogens (primary N) is 1. The van der Waals surface area contributed by atoms with Gasteiger partial charge < -0.3 is 14.9 Å². The summed E-state index contributed by atoms with van der Waals surface area (Å²) in [5.74, 6) is 0. The molecule has 0 aliphatic heterocycles. The van der Waals surface area contributed by atoms with Crippen molar-refractivity contribution in [2.24, 2.45) is 0 Å². The third kappa shape index (κ3) is 5.39. The highest BCUT2D eigenvalue weighted by Gasteiger charge is 2.30. The lowest BCUT2D eigenvalue weighted by molar-refractivity contribution is 0.586. The lowest BCUT2D eigenvalue weighted by Gasteiger charge is -2.22. The first-order valence-electron chi connectivity index (χ1n) is 12.3. The second-order valence-corrected chi connectivity index (χ2v) is 14.9. The zero-order valence-electron chi connectivity index (χ0n) is 20.5. The van der Waals surface area contributed by atoms with Crippen LogP contribution in [0, 0.1) is 0 Å². The molecular weight excluding hydrogens is 492 g/mol. The second-order valence-electron chi connectivity index (χ2n) is 9.22. The quantitative estimate of drug-likeness (QED) is 0.193. The van der Waals surface area contributed by atoms with Crippen molar-refractivity contribution >= 4 is 41.2 Å². The Bertz CT molecular complexity index is 1370. The van der Waals surface area contributed by atoms with Crippen molar-refractivity contribution in [2.45, 2.75) is 12.3 Å². The molecule has 0 atom stereocenters. The molecule has 0 saturated carbocycles. The first-order valence-corrected chi connectivity index (χ1v) is 16.0. The summed E-state index contributed by atoms with van der Waals surface area (Å²) >= 11 is 0. The average Bonchev–Trinajstić information content (AvgIpc) is 2.94. The molecular formula is C32H29NO2P2. The van der Waals surface area contributed by atoms with Gasteiger partial charge in [-0.25, -0.2) is 0 Å². The summed E-state index contributed by atoms with van der Waals surface area (Å²) in [6, 6.07) is 44.3. The summed E-state index contributed by atoms with van der Waals surface area (Å²) in [5, 5.41) is 3.24. The molecule has 0 amide bonds. The fourth-order valence-electron chi connectivity index (χ4n) is 4.83. The van der Waals surface area contributed by atoms with Crippen LogP contribution in [0.1, 0.15) is 11.1 Å². The van der Waals surface area contributed by atoms with E-state index in [-0.39, 0.29) is 0 Å². The van der Waals surface area contributed by atoms with Crippen molar-refractivity contribution in [1.29, 1.82) is 0 Å². The SMILES string of the molecule is Nc1cc(CP(=O)(c2ccccc2)c2ccccc2)cc(CP(=O)(c2ccccc2)c2ccccc2)c1. The van der Waals surface area contributed by atoms with Crippen molar-refractivity contribution in [3.63, 3.8) is 0 Å². The molecule has 0 aliphatic carbocycles. The first kappa shape index (κ1) is 25.0. The van der Waals surface area contributed by atoms with Crippen LogP contribution in [0.4, 0.5) is 5.69 Å². The van der Waals surface area contributed by atoms with Crippen molar-refractivity contribution in [1.82, 2.24) is 0 Å². The molecule has 0 aromatic heterocycles. The summed E-state index contributed by atoms with van der Waals surface area (Å²) in [4.78, 5) is 0. The molecule has 0 aliphatic rings. The zero-order chi connectivity index (χ0) is 25.7. The molecule has 3 nitrogen and oxygen atoms in total. The van der Waals surface area contributed by atoms with Gasteiger partial charge in [0.05, 0.1) is 0 Å². The van der Waals surface area contributed by atoms with Crippen molar-refractivity contribution in [3.8, 4) is 0 Å². The zero-order valence-corrected chi connectivity index (χ0v) is 22.3. The number of rotatable bonds is 8. The van der Waals surface area contributed by atoms with Crippen molar-refractivity contribution < 1.29 is 9.13 Å². The molecule has 37 heavy (non-hydrogen) atoms. The van der Waals surface area contributed by atoms with Gasteiger partial charge in [-0.05, 0) is 23.3 Å². The van der Waals surface area contributed by atoms with E-state index < -0.39 is 14.3 Å². The van der Waals surface area contributed by atoms with E-state index in [9.17, 15) is 9.13 Å². The Morgan fingerprint density at radius 2 is 0.703 bits per heavy atom. The van der Waals surface area contributed by atoms with Gasteiger partial charge in [-0.3, -0.25) is 0 Å². The fourth-order valence-corrected chi connectivity index (χ4v) is 10.2. The van der Waals surface area contributed by atoms with Gasteiger partial charge in [-0.1, -0.05) is 127 Å². The van der Waals surface area contributed by atoms with E-state index in [4.69, 9.17) is 5.73 Å². The number of benzene rings is 5. The topological polar surface area (TPSA) is 60.2 Å². The van der Waals surface area contributed by atoms with Gasteiger partial charge in [-0.2, -0.15) is 0 Å². The maximum Gasteiger partial charge on any atom is 0.147 e. The van der Waals surface area contributed by atoms with Crippen LogP contribution in [0.25, 0.3) is 0 Å². The third-order valence-corrected chi connectivity index (χ3v) is 12.7. The molecule has 2 N–H and O–H groups in total. The summed E-state index contributed by atoms with van der Waals surface area (Å²) < 4.78 is 29.3. The molecule has 184 valence electrons. The van der Waals surface area contributed by atoms with Crippen LogP contribution in [0.3, 0.4) is 0 Å². The number of nitrogen functional groups attached to an aromatic ring is 1. The molecule has 5 aromatic rings. The van der Waals surface area contributed by atoms with Crippen LogP contribution in [0.15, 0.2) is 140 Å². The van der Waals surface area contributed by atoms with Gasteiger partial charge in [0.1, 0.15) is 14.3 Å². The Kier molecular flexibility index (Phi) is 7.28. The summed E-state index contributed by atoms with van der Waals surface area (Å²) in [5.41, 5.74) is 8.70. The van der Waals surface area contributed by atoms with Crippen LogP contribution in [0.5, 0.6) is 0 Å². The van der Waals surface area contributed by atoms with Gasteiger partial charge >= 0.3 is 0 Å². The molecule has 5 heteroatoms. The second kappa shape index (κ2) is 10.8. The Morgan fingerprint density at radius 3 is 0.973 bits per heavy atom. The van der Waals surface area contributed by atoms with Crippen LogP contribution in [0.2, 0.25) is 0 Å². The van der Waals surface area contributed by atoms with Crippen LogP contribution in [-0.2, 0) is 21.5 Å². The number of hydrogen-bond acceptors (Lipinski definition) is 3. The normalized spacial score (nSPS) is 11.8. The summed E-state index contributed by atoms with van der Waals surface area (Å²) in [6.45, 7) is 0. The number of hydrogen-bond donors (Lipinski definition) is 1. The summed E-state index contributed by atoms with van der Waals surface area (Å²) in [7, 11) is -5.96. The van der Waals surface area contributed by atoms with Crippen LogP contribution >= 0.6 is 14.3 Å². The monoisotopic (exact) mass is 521 g/mol. The van der Waals surface area contributed by atoms with E-state index in [0.717, 1.165) is 32.3 Å². The van der Waals surface area contributed by atoms with Gasteiger partial charge in [0.15, 0.2) is 0 Å². The largest absolute Gasteiger partial charge is 0.399 e. The lowest BCUT2D eigenvalue weighted by atomic mass is 10.1. The molecule has 0 spiro atoms. The van der Waals surface area contributed by atoms with Crippen molar-refractivity contribution in [3.05, 3.63) is 151 Å². The van der Waals surface area contributed by atoms with Crippen LogP contribution < -0.4 is 27.0 Å². The molecule has 5 aromatic carbocycles. The van der Waals surface area contributed by atoms with E-state index >= 15 is 0 Å². The van der Waals surface area contributed by atoms with Crippen LogP contribution in [-0.4, -0.2) is 0 Å². The molecule has 0 unspecified atom stereocenters. The average molecular weight is 522 g/mol. The Hall–Kier alpha value is -3.64. The Morgan fingerprint density at radius 1 is 0.432 bits per heavy atom. The standard InChI is InChI=1S/C32H29NO2P2/c33-28-22-26(24-36(34,29-13-5-1-6-14-29)30-15-7-2-8-16-30)21-27(23-28)25-37(35,31-17-9-3-10-18-31)32-19-11-4-12-20-32/h1-23H,24-25,33H2. The van der Waals surface area contributed by atoms with E-state index in [1.807, 2.05) is 140 Å². The van der Waals surface area contributed by atoms with Crippen molar-refractivity contribution in [2.75, 3.05) is 5.73 Å². The minimum atomic E-state index is -2.98. The summed E-state index contributed by atoms with van der Waals surface area (Å²) in [6.07, 6.45) is 0.667. The Labute approximate surface area is 218 Å². The van der Waals surface area contributed by atoms with Gasteiger partial charge in [-0.15, -0.1) is 0 Å². The van der Waals surface area contributed by atoms with Gasteiger partial charge in [0.25, 0.3) is 0 Å². The Balaban J connectivity index is 1.57.